The van der Waals surface area contributed by atoms with Crippen molar-refractivity contribution in [1.82, 2.24) is 10.3 Å². The Morgan fingerprint density at radius 2 is 1.93 bits per heavy atom. The molecule has 1 heterocycles. The van der Waals surface area contributed by atoms with Crippen LogP contribution in [0.3, 0.4) is 0 Å². The number of hydrogen-bond donors (Lipinski definition) is 1. The number of benzene rings is 2. The fourth-order valence-corrected chi connectivity index (χ4v) is 3.58. The lowest BCUT2D eigenvalue weighted by molar-refractivity contribution is -0.0512. The van der Waals surface area contributed by atoms with Gasteiger partial charge in [0.1, 0.15) is 9.88 Å². The van der Waals surface area contributed by atoms with Gasteiger partial charge in [-0.15, -0.1) is 11.3 Å². The monoisotopic (exact) mass is 404 g/mol. The molecule has 0 spiro atoms. The number of aryl methyl sites for hydroxylation is 1. The summed E-state index contributed by atoms with van der Waals surface area (Å²) in [6.45, 7) is -0.938. The Labute approximate surface area is 164 Å². The molecule has 1 amide bonds. The fourth-order valence-electron chi connectivity index (χ4n) is 2.59. The van der Waals surface area contributed by atoms with E-state index in [1.54, 1.807) is 19.1 Å². The molecule has 0 aliphatic heterocycles. The lowest BCUT2D eigenvalue weighted by Crippen LogP contribution is -2.22. The molecule has 1 N–H and O–H groups in total. The predicted octanol–water partition coefficient (Wildman–Crippen LogP) is 4.66. The van der Waals surface area contributed by atoms with Crippen molar-refractivity contribution in [3.05, 3.63) is 64.7 Å². The van der Waals surface area contributed by atoms with Crippen molar-refractivity contribution < 1.29 is 23.0 Å². The second-order valence-corrected chi connectivity index (χ2v) is 6.85. The summed E-state index contributed by atoms with van der Waals surface area (Å²) in [5.74, 6) is -0.130. The highest BCUT2D eigenvalue weighted by Gasteiger charge is 2.17. The normalized spacial score (nSPS) is 10.8. The van der Waals surface area contributed by atoms with Crippen molar-refractivity contribution in [2.75, 3.05) is 7.11 Å². The maximum Gasteiger partial charge on any atom is 0.387 e. The predicted molar refractivity (Wildman–Crippen MR) is 103 cm³/mol. The summed E-state index contributed by atoms with van der Waals surface area (Å²) >= 11 is 1.32. The number of rotatable bonds is 7. The van der Waals surface area contributed by atoms with Crippen LogP contribution in [0.15, 0.2) is 48.5 Å². The summed E-state index contributed by atoms with van der Waals surface area (Å²) in [7, 11) is 1.36. The molecule has 28 heavy (non-hydrogen) atoms. The number of halogens is 2. The Kier molecular flexibility index (Phi) is 6.20. The molecular weight excluding hydrogens is 386 g/mol. The molecule has 0 saturated carbocycles. The third-order valence-corrected chi connectivity index (χ3v) is 5.13. The number of nitrogens with one attached hydrogen (secondary N) is 1. The van der Waals surface area contributed by atoms with E-state index in [0.717, 1.165) is 10.6 Å². The second kappa shape index (κ2) is 8.79. The van der Waals surface area contributed by atoms with Crippen LogP contribution in [-0.2, 0) is 6.54 Å². The molecule has 8 heteroatoms. The van der Waals surface area contributed by atoms with Gasteiger partial charge in [0.15, 0.2) is 11.5 Å². The number of aromatic nitrogens is 1. The van der Waals surface area contributed by atoms with E-state index in [9.17, 15) is 13.6 Å². The van der Waals surface area contributed by atoms with Gasteiger partial charge in [0.25, 0.3) is 5.91 Å². The molecule has 0 unspecified atom stereocenters. The van der Waals surface area contributed by atoms with Gasteiger partial charge < -0.3 is 14.8 Å². The molecule has 0 aliphatic rings. The number of carbonyl (C=O) groups excluding carboxylic acids is 1. The molecule has 1 aromatic heterocycles. The van der Waals surface area contributed by atoms with E-state index in [-0.39, 0.29) is 24.0 Å². The first kappa shape index (κ1) is 19.8. The summed E-state index contributed by atoms with van der Waals surface area (Å²) in [4.78, 5) is 17.6. The van der Waals surface area contributed by atoms with Crippen LogP contribution in [0.4, 0.5) is 8.78 Å². The summed E-state index contributed by atoms with van der Waals surface area (Å²) in [6.07, 6.45) is 0. The van der Waals surface area contributed by atoms with Crippen LogP contribution < -0.4 is 14.8 Å². The molecule has 5 nitrogen and oxygen atoms in total. The topological polar surface area (TPSA) is 60.5 Å². The van der Waals surface area contributed by atoms with E-state index in [4.69, 9.17) is 4.74 Å². The smallest absolute Gasteiger partial charge is 0.387 e. The molecule has 0 atom stereocenters. The van der Waals surface area contributed by atoms with E-state index >= 15 is 0 Å². The second-order valence-electron chi connectivity index (χ2n) is 5.85. The van der Waals surface area contributed by atoms with E-state index in [2.05, 4.69) is 15.0 Å². The van der Waals surface area contributed by atoms with Gasteiger partial charge in [0.2, 0.25) is 0 Å². The number of methoxy groups -OCH3 is 1. The fraction of sp³-hybridized carbons (Fsp3) is 0.200. The quantitative estimate of drug-likeness (QED) is 0.622. The number of alkyl halides is 2. The first-order valence-corrected chi connectivity index (χ1v) is 9.22. The molecule has 0 radical (unpaired) electrons. The first-order valence-electron chi connectivity index (χ1n) is 8.40. The van der Waals surface area contributed by atoms with Gasteiger partial charge >= 0.3 is 6.61 Å². The van der Waals surface area contributed by atoms with Crippen molar-refractivity contribution >= 4 is 17.2 Å². The molecular formula is C20H18F2N2O3S. The minimum absolute atomic E-state index is 0.0571. The summed E-state index contributed by atoms with van der Waals surface area (Å²) in [5, 5.41) is 3.60. The van der Waals surface area contributed by atoms with Gasteiger partial charge in [-0.2, -0.15) is 8.78 Å². The van der Waals surface area contributed by atoms with Crippen LogP contribution in [-0.4, -0.2) is 24.6 Å². The first-order chi connectivity index (χ1) is 13.5. The molecule has 0 fully saturated rings. The van der Waals surface area contributed by atoms with E-state index in [1.807, 2.05) is 30.3 Å². The Balaban J connectivity index is 1.70. The van der Waals surface area contributed by atoms with E-state index in [1.165, 1.54) is 24.5 Å². The van der Waals surface area contributed by atoms with Gasteiger partial charge in [-0.1, -0.05) is 36.4 Å². The molecule has 146 valence electrons. The van der Waals surface area contributed by atoms with Gasteiger partial charge in [-0.05, 0) is 24.6 Å². The number of amides is 1. The lowest BCUT2D eigenvalue weighted by atomic mass is 10.2. The van der Waals surface area contributed by atoms with Crippen LogP contribution in [0.25, 0.3) is 10.6 Å². The third kappa shape index (κ3) is 4.64. The molecule has 3 rings (SSSR count). The van der Waals surface area contributed by atoms with Gasteiger partial charge in [-0.25, -0.2) is 4.98 Å². The Morgan fingerprint density at radius 3 is 2.61 bits per heavy atom. The van der Waals surface area contributed by atoms with Gasteiger partial charge in [-0.3, -0.25) is 4.79 Å². The van der Waals surface area contributed by atoms with Crippen LogP contribution in [0.1, 0.15) is 20.9 Å². The molecule has 3 aromatic rings. The van der Waals surface area contributed by atoms with Crippen LogP contribution in [0, 0.1) is 6.92 Å². The van der Waals surface area contributed by atoms with Crippen molar-refractivity contribution in [1.29, 1.82) is 0 Å². The van der Waals surface area contributed by atoms with Crippen molar-refractivity contribution in [3.8, 4) is 22.1 Å². The summed E-state index contributed by atoms with van der Waals surface area (Å²) in [5.41, 5.74) is 2.30. The number of nitrogens with zero attached hydrogens (tertiary/aromatic N) is 1. The van der Waals surface area contributed by atoms with Crippen LogP contribution in [0.5, 0.6) is 11.5 Å². The van der Waals surface area contributed by atoms with E-state index < -0.39 is 6.61 Å². The third-order valence-electron chi connectivity index (χ3n) is 3.92. The maximum atomic E-state index is 12.6. The summed E-state index contributed by atoms with van der Waals surface area (Å²) in [6, 6.07) is 14.2. The average molecular weight is 404 g/mol. The summed E-state index contributed by atoms with van der Waals surface area (Å²) < 4.78 is 34.3. The molecule has 0 aliphatic carbocycles. The minimum atomic E-state index is -2.94. The molecule has 0 saturated heterocycles. The highest BCUT2D eigenvalue weighted by molar-refractivity contribution is 7.17. The van der Waals surface area contributed by atoms with Crippen LogP contribution >= 0.6 is 11.3 Å². The zero-order chi connectivity index (χ0) is 20.1. The van der Waals surface area contributed by atoms with Gasteiger partial charge in [0, 0.05) is 12.1 Å². The highest BCUT2D eigenvalue weighted by Crippen LogP contribution is 2.30. The molecule has 2 aromatic carbocycles. The van der Waals surface area contributed by atoms with Crippen LogP contribution in [0.2, 0.25) is 0 Å². The Morgan fingerprint density at radius 1 is 1.18 bits per heavy atom. The standard InChI is InChI=1S/C20H18F2N2O3S/c1-12-17(28-19(24-12)14-6-4-3-5-7-14)18(25)23-11-13-8-9-15(27-20(21)22)16(10-13)26-2/h3-10,20H,11H2,1-2H3,(H,23,25). The Hall–Kier alpha value is -3.00. The largest absolute Gasteiger partial charge is 0.493 e. The maximum absolute atomic E-state index is 12.6. The number of carbonyl (C=O) groups is 1. The average Bonchev–Trinajstić information content (AvgIpc) is 3.09. The SMILES string of the molecule is COc1cc(CNC(=O)c2sc(-c3ccccc3)nc2C)ccc1OC(F)F. The number of hydrogen-bond acceptors (Lipinski definition) is 5. The highest BCUT2D eigenvalue weighted by atomic mass is 32.1. The van der Waals surface area contributed by atoms with E-state index in [0.29, 0.717) is 16.1 Å². The number of thiazole rings is 1. The number of ether oxygens (including phenoxy) is 2. The molecule has 0 bridgehead atoms. The zero-order valence-corrected chi connectivity index (χ0v) is 16.1. The minimum Gasteiger partial charge on any atom is -0.493 e. The van der Waals surface area contributed by atoms with Gasteiger partial charge in [0.05, 0.1) is 12.8 Å². The zero-order valence-electron chi connectivity index (χ0n) is 15.2. The van der Waals surface area contributed by atoms with Crippen molar-refractivity contribution in [2.24, 2.45) is 0 Å². The van der Waals surface area contributed by atoms with Crippen molar-refractivity contribution in [3.63, 3.8) is 0 Å². The Bertz CT molecular complexity index is 961. The van der Waals surface area contributed by atoms with Crippen molar-refractivity contribution in [2.45, 2.75) is 20.1 Å². The lowest BCUT2D eigenvalue weighted by Gasteiger charge is -2.11.